The summed E-state index contributed by atoms with van der Waals surface area (Å²) in [4.78, 5) is 30.4. The molecule has 6 nitrogen and oxygen atoms in total. The summed E-state index contributed by atoms with van der Waals surface area (Å²) in [5, 5.41) is 0. The van der Waals surface area contributed by atoms with Crippen molar-refractivity contribution in [3.05, 3.63) is 29.6 Å². The topological polar surface area (TPSA) is 92.1 Å². The highest BCUT2D eigenvalue weighted by molar-refractivity contribution is 6.04. The Hall–Kier alpha value is -2.21. The number of imidazole rings is 1. The quantitative estimate of drug-likeness (QED) is 0.904. The Morgan fingerprint density at radius 1 is 1.38 bits per heavy atom. The number of amides is 1. The molecule has 1 amide bonds. The number of hydrogen-bond acceptors (Lipinski definition) is 4. The molecule has 1 atom stereocenters. The van der Waals surface area contributed by atoms with Gasteiger partial charge in [0.15, 0.2) is 0 Å². The van der Waals surface area contributed by atoms with Gasteiger partial charge in [0.05, 0.1) is 16.6 Å². The molecule has 2 fully saturated rings. The van der Waals surface area contributed by atoms with Crippen LogP contribution in [0.4, 0.5) is 0 Å². The van der Waals surface area contributed by atoms with Crippen LogP contribution >= 0.6 is 0 Å². The molecule has 1 saturated carbocycles. The summed E-state index contributed by atoms with van der Waals surface area (Å²) in [7, 11) is 0. The van der Waals surface area contributed by atoms with Crippen LogP contribution in [0.3, 0.4) is 0 Å². The summed E-state index contributed by atoms with van der Waals surface area (Å²) in [6, 6.07) is 6.25. The predicted molar refractivity (Wildman–Crippen MR) is 92.7 cm³/mol. The van der Waals surface area contributed by atoms with Crippen molar-refractivity contribution in [2.75, 3.05) is 6.54 Å². The van der Waals surface area contributed by atoms with Crippen LogP contribution in [0.25, 0.3) is 11.0 Å². The van der Waals surface area contributed by atoms with Crippen molar-refractivity contribution in [1.82, 2.24) is 14.9 Å². The Labute approximate surface area is 141 Å². The highest BCUT2D eigenvalue weighted by atomic mass is 16.1. The molecule has 1 unspecified atom stereocenters. The van der Waals surface area contributed by atoms with Gasteiger partial charge in [-0.15, -0.1) is 0 Å². The molecule has 2 heterocycles. The number of carbonyl (C=O) groups excluding carboxylic acids is 2. The van der Waals surface area contributed by atoms with Crippen molar-refractivity contribution < 1.29 is 9.59 Å². The number of likely N-dealkylation sites (tertiary alicyclic amines) is 1. The first-order valence-corrected chi connectivity index (χ1v) is 8.44. The molecule has 3 N–H and O–H groups in total. The molecular weight excluding hydrogens is 304 g/mol. The second-order valence-electron chi connectivity index (χ2n) is 6.81. The maximum absolute atomic E-state index is 11.6. The number of fused-ring (bicyclic) bond motifs is 1. The molecule has 128 valence electrons. The number of nitrogens with zero attached hydrogens (tertiary/aromatic N) is 2. The van der Waals surface area contributed by atoms with E-state index in [1.54, 1.807) is 6.07 Å². The zero-order chi connectivity index (χ0) is 17.3. The first-order valence-electron chi connectivity index (χ1n) is 8.44. The van der Waals surface area contributed by atoms with E-state index in [0.29, 0.717) is 17.1 Å². The zero-order valence-electron chi connectivity index (χ0n) is 14.0. The highest BCUT2D eigenvalue weighted by Crippen LogP contribution is 2.43. The Kier molecular flexibility index (Phi) is 4.41. The fraction of sp³-hybridized carbons (Fsp3) is 0.500. The second kappa shape index (κ2) is 6.36. The number of rotatable bonds is 3. The number of aromatic nitrogens is 2. The summed E-state index contributed by atoms with van der Waals surface area (Å²) in [6.07, 6.45) is 6.23. The summed E-state index contributed by atoms with van der Waals surface area (Å²) in [6.45, 7) is 5.42. The summed E-state index contributed by atoms with van der Waals surface area (Å²) >= 11 is 0. The standard InChI is InChI=1S/C17H22N4O.CH2O/c1-17(9-4-10-21(17)11-5-2-6-11)16-19-13-8-3-7-12(15(18)22)14(13)20-16;1-2/h3,7-8,11H,2,4-6,9-10H2,1H3,(H2,18,22)(H,19,20);1H2. The lowest BCUT2D eigenvalue weighted by Crippen LogP contribution is -2.48. The molecule has 0 radical (unpaired) electrons. The maximum atomic E-state index is 11.6. The molecule has 0 bridgehead atoms. The monoisotopic (exact) mass is 328 g/mol. The normalized spacial score (nSPS) is 24.4. The van der Waals surface area contributed by atoms with Crippen LogP contribution in [0.1, 0.15) is 55.2 Å². The maximum Gasteiger partial charge on any atom is 0.250 e. The van der Waals surface area contributed by atoms with E-state index in [4.69, 9.17) is 15.5 Å². The van der Waals surface area contributed by atoms with Gasteiger partial charge in [0.1, 0.15) is 18.1 Å². The van der Waals surface area contributed by atoms with E-state index in [1.165, 1.54) is 25.7 Å². The van der Waals surface area contributed by atoms with Gasteiger partial charge in [-0.1, -0.05) is 12.5 Å². The SMILES string of the molecule is C=O.CC1(c2nc3c(C(N)=O)cccc3[nH]2)CCCN1C1CCC1. The lowest BCUT2D eigenvalue weighted by Gasteiger charge is -2.43. The van der Waals surface area contributed by atoms with E-state index in [9.17, 15) is 4.79 Å². The van der Waals surface area contributed by atoms with Crippen molar-refractivity contribution >= 4 is 23.7 Å². The van der Waals surface area contributed by atoms with Gasteiger partial charge in [0.25, 0.3) is 5.91 Å². The number of nitrogens with two attached hydrogens (primary N) is 1. The largest absolute Gasteiger partial charge is 0.366 e. The third-order valence-corrected chi connectivity index (χ3v) is 5.50. The Balaban J connectivity index is 0.000000815. The Morgan fingerprint density at radius 3 is 2.75 bits per heavy atom. The Bertz CT molecular complexity index is 753. The molecule has 4 rings (SSSR count). The molecule has 1 aromatic heterocycles. The van der Waals surface area contributed by atoms with Crippen molar-refractivity contribution in [3.8, 4) is 0 Å². The number of H-pyrrole nitrogens is 1. The van der Waals surface area contributed by atoms with Gasteiger partial charge in [-0.2, -0.15) is 0 Å². The lowest BCUT2D eigenvalue weighted by atomic mass is 9.87. The minimum atomic E-state index is -0.420. The van der Waals surface area contributed by atoms with Gasteiger partial charge in [0.2, 0.25) is 0 Å². The molecular formula is C18H24N4O2. The van der Waals surface area contributed by atoms with Crippen LogP contribution in [-0.4, -0.2) is 40.2 Å². The highest BCUT2D eigenvalue weighted by Gasteiger charge is 2.45. The van der Waals surface area contributed by atoms with Crippen LogP contribution in [0.2, 0.25) is 0 Å². The van der Waals surface area contributed by atoms with E-state index in [1.807, 2.05) is 18.9 Å². The fourth-order valence-corrected chi connectivity index (χ4v) is 4.01. The van der Waals surface area contributed by atoms with Crippen molar-refractivity contribution in [2.24, 2.45) is 5.73 Å². The molecule has 1 aliphatic heterocycles. The van der Waals surface area contributed by atoms with Gasteiger partial charge >= 0.3 is 0 Å². The summed E-state index contributed by atoms with van der Waals surface area (Å²) in [5.41, 5.74) is 7.52. The minimum absolute atomic E-state index is 0.0565. The van der Waals surface area contributed by atoms with Gasteiger partial charge in [-0.05, 0) is 51.3 Å². The molecule has 6 heteroatoms. The first kappa shape index (κ1) is 16.6. The number of primary amides is 1. The molecule has 2 aromatic rings. The van der Waals surface area contributed by atoms with E-state index in [2.05, 4.69) is 16.8 Å². The molecule has 1 saturated heterocycles. The van der Waals surface area contributed by atoms with E-state index in [0.717, 1.165) is 24.3 Å². The van der Waals surface area contributed by atoms with Gasteiger partial charge in [0, 0.05) is 6.04 Å². The number of carbonyl (C=O) groups is 2. The van der Waals surface area contributed by atoms with Crippen LogP contribution < -0.4 is 5.73 Å². The third kappa shape index (κ3) is 2.51. The van der Waals surface area contributed by atoms with Crippen LogP contribution in [-0.2, 0) is 10.3 Å². The molecule has 1 aromatic carbocycles. The van der Waals surface area contributed by atoms with E-state index >= 15 is 0 Å². The van der Waals surface area contributed by atoms with Crippen LogP contribution in [0, 0.1) is 0 Å². The number of nitrogens with one attached hydrogen (secondary N) is 1. The van der Waals surface area contributed by atoms with Crippen LogP contribution in [0.5, 0.6) is 0 Å². The number of aromatic amines is 1. The van der Waals surface area contributed by atoms with Gasteiger partial charge < -0.3 is 15.5 Å². The molecule has 1 aliphatic carbocycles. The molecule has 24 heavy (non-hydrogen) atoms. The fourth-order valence-electron chi connectivity index (χ4n) is 4.01. The van der Waals surface area contributed by atoms with Crippen molar-refractivity contribution in [1.29, 1.82) is 0 Å². The van der Waals surface area contributed by atoms with Crippen molar-refractivity contribution in [3.63, 3.8) is 0 Å². The summed E-state index contributed by atoms with van der Waals surface area (Å²) < 4.78 is 0. The van der Waals surface area contributed by atoms with E-state index in [-0.39, 0.29) is 5.54 Å². The third-order valence-electron chi connectivity index (χ3n) is 5.50. The van der Waals surface area contributed by atoms with Gasteiger partial charge in [-0.25, -0.2) is 4.98 Å². The number of hydrogen-bond donors (Lipinski definition) is 2. The zero-order valence-corrected chi connectivity index (χ0v) is 14.0. The van der Waals surface area contributed by atoms with E-state index < -0.39 is 5.91 Å². The molecule has 2 aliphatic rings. The molecule has 0 spiro atoms. The Morgan fingerprint density at radius 2 is 2.12 bits per heavy atom. The number of para-hydroxylation sites is 1. The lowest BCUT2D eigenvalue weighted by molar-refractivity contribution is -0.0980. The van der Waals surface area contributed by atoms with Crippen LogP contribution in [0.15, 0.2) is 18.2 Å². The average molecular weight is 328 g/mol. The first-order chi connectivity index (χ1) is 11.6. The smallest absolute Gasteiger partial charge is 0.250 e. The average Bonchev–Trinajstić information content (AvgIpc) is 3.12. The van der Waals surface area contributed by atoms with Crippen molar-refractivity contribution in [2.45, 2.75) is 50.6 Å². The number of benzene rings is 1. The summed E-state index contributed by atoms with van der Waals surface area (Å²) in [5.74, 6) is 0.552. The van der Waals surface area contributed by atoms with Gasteiger partial charge in [-0.3, -0.25) is 9.69 Å². The predicted octanol–water partition coefficient (Wildman–Crippen LogP) is 2.34. The minimum Gasteiger partial charge on any atom is -0.366 e. The second-order valence-corrected chi connectivity index (χ2v) is 6.81.